The summed E-state index contributed by atoms with van der Waals surface area (Å²) in [6.07, 6.45) is 4.90. The van der Waals surface area contributed by atoms with E-state index in [1.165, 1.54) is 0 Å². The van der Waals surface area contributed by atoms with Crippen molar-refractivity contribution in [2.45, 2.75) is 88.4 Å². The third kappa shape index (κ3) is 14.1. The normalized spacial score (nSPS) is 14.1. The van der Waals surface area contributed by atoms with Gasteiger partial charge in [-0.2, -0.15) is 0 Å². The minimum atomic E-state index is -1.17. The molecular weight excluding hydrogens is 502 g/mol. The van der Waals surface area contributed by atoms with E-state index in [2.05, 4.69) is 16.0 Å². The summed E-state index contributed by atoms with van der Waals surface area (Å²) in [5.74, 6) is -2.81. The van der Waals surface area contributed by atoms with Gasteiger partial charge >= 0.3 is 5.97 Å². The van der Waals surface area contributed by atoms with Crippen molar-refractivity contribution < 1.29 is 24.3 Å². The highest BCUT2D eigenvalue weighted by atomic mass is 16.4. The van der Waals surface area contributed by atoms with Crippen LogP contribution in [0.5, 0.6) is 0 Å². The summed E-state index contributed by atoms with van der Waals surface area (Å²) in [6, 6.07) is 5.14. The fourth-order valence-electron chi connectivity index (χ4n) is 4.03. The fourth-order valence-corrected chi connectivity index (χ4v) is 4.03. The number of rotatable bonds is 21. The Morgan fingerprint density at radius 2 is 1.10 bits per heavy atom. The van der Waals surface area contributed by atoms with Gasteiger partial charge in [-0.25, -0.2) is 4.79 Å². The molecule has 0 aliphatic rings. The van der Waals surface area contributed by atoms with Crippen molar-refractivity contribution in [1.29, 1.82) is 0 Å². The molecule has 4 atom stereocenters. The van der Waals surface area contributed by atoms with Crippen molar-refractivity contribution in [2.75, 3.05) is 19.6 Å². The van der Waals surface area contributed by atoms with Gasteiger partial charge < -0.3 is 44.0 Å². The quantitative estimate of drug-likeness (QED) is 0.0921. The monoisotopic (exact) mass is 549 g/mol. The highest BCUT2D eigenvalue weighted by molar-refractivity contribution is 5.94. The molecule has 220 valence electrons. The molecule has 0 heterocycles. The number of hydrogen-bond acceptors (Lipinski definition) is 8. The lowest BCUT2D eigenvalue weighted by atomic mass is 10.0. The third-order valence-corrected chi connectivity index (χ3v) is 6.36. The van der Waals surface area contributed by atoms with Crippen LogP contribution in [-0.2, 0) is 25.6 Å². The number of benzene rings is 1. The van der Waals surface area contributed by atoms with E-state index in [1.807, 2.05) is 18.2 Å². The molecule has 0 radical (unpaired) electrons. The molecule has 0 aromatic heterocycles. The lowest BCUT2D eigenvalue weighted by Gasteiger charge is -2.25. The lowest BCUT2D eigenvalue weighted by Crippen LogP contribution is -2.57. The van der Waals surface area contributed by atoms with Crippen LogP contribution >= 0.6 is 0 Å². The number of unbranched alkanes of at least 4 members (excludes halogenated alkanes) is 3. The Hall–Kier alpha value is -3.06. The smallest absolute Gasteiger partial charge is 0.326 e. The van der Waals surface area contributed by atoms with Gasteiger partial charge in [0.1, 0.15) is 18.1 Å². The Balaban J connectivity index is 3.05. The maximum atomic E-state index is 13.4. The van der Waals surface area contributed by atoms with Crippen molar-refractivity contribution in [3.8, 4) is 0 Å². The second kappa shape index (κ2) is 19.9. The molecule has 0 saturated carbocycles. The molecule has 0 fully saturated rings. The Morgan fingerprint density at radius 3 is 1.64 bits per heavy atom. The molecule has 0 aliphatic carbocycles. The van der Waals surface area contributed by atoms with E-state index < -0.39 is 47.9 Å². The predicted molar refractivity (Wildman–Crippen MR) is 150 cm³/mol. The van der Waals surface area contributed by atoms with Crippen LogP contribution in [0.2, 0.25) is 0 Å². The highest BCUT2D eigenvalue weighted by Crippen LogP contribution is 2.09. The first-order chi connectivity index (χ1) is 18.7. The van der Waals surface area contributed by atoms with Crippen molar-refractivity contribution in [1.82, 2.24) is 16.0 Å². The van der Waals surface area contributed by atoms with Gasteiger partial charge in [0, 0.05) is 6.42 Å². The number of nitrogens with two attached hydrogens (primary N) is 4. The molecule has 4 unspecified atom stereocenters. The Labute approximate surface area is 231 Å². The first-order valence-corrected chi connectivity index (χ1v) is 13.8. The van der Waals surface area contributed by atoms with Crippen LogP contribution in [0.1, 0.15) is 63.4 Å². The van der Waals surface area contributed by atoms with Crippen molar-refractivity contribution in [3.63, 3.8) is 0 Å². The van der Waals surface area contributed by atoms with E-state index in [0.29, 0.717) is 64.6 Å². The van der Waals surface area contributed by atoms with Crippen molar-refractivity contribution in [2.24, 2.45) is 22.9 Å². The summed E-state index contributed by atoms with van der Waals surface area (Å²) in [4.78, 5) is 51.1. The zero-order valence-corrected chi connectivity index (χ0v) is 22.8. The van der Waals surface area contributed by atoms with Crippen LogP contribution in [0, 0.1) is 0 Å². The molecule has 39 heavy (non-hydrogen) atoms. The van der Waals surface area contributed by atoms with Crippen LogP contribution in [0.3, 0.4) is 0 Å². The van der Waals surface area contributed by atoms with Gasteiger partial charge in [0.05, 0.1) is 6.04 Å². The van der Waals surface area contributed by atoms with Gasteiger partial charge in [0.2, 0.25) is 17.7 Å². The first kappa shape index (κ1) is 34.0. The lowest BCUT2D eigenvalue weighted by molar-refractivity contribution is -0.142. The SMILES string of the molecule is NCCCCC(N)C(=O)NC(CCCCN)C(=O)NC(Cc1ccccc1)C(=O)NC(CCCCN)C(=O)O. The standard InChI is InChI=1S/C27H47N7O5/c28-15-7-4-12-20(31)24(35)32-21(13-5-8-16-29)25(36)34-23(18-19-10-2-1-3-11-19)26(37)33-22(27(38)39)14-6-9-17-30/h1-3,10-11,20-23H,4-9,12-18,28-31H2,(H,32,35)(H,33,37)(H,34,36)(H,38,39). The molecular formula is C27H47N7O5. The Bertz CT molecular complexity index is 871. The summed E-state index contributed by atoms with van der Waals surface area (Å²) in [7, 11) is 0. The van der Waals surface area contributed by atoms with Crippen LogP contribution in [-0.4, -0.2) is 72.6 Å². The zero-order chi connectivity index (χ0) is 29.0. The number of amides is 3. The molecule has 1 rings (SSSR count). The van der Waals surface area contributed by atoms with Crippen LogP contribution in [0.25, 0.3) is 0 Å². The minimum absolute atomic E-state index is 0.135. The van der Waals surface area contributed by atoms with E-state index >= 15 is 0 Å². The van der Waals surface area contributed by atoms with E-state index in [4.69, 9.17) is 22.9 Å². The molecule has 0 spiro atoms. The third-order valence-electron chi connectivity index (χ3n) is 6.36. The first-order valence-electron chi connectivity index (χ1n) is 13.8. The van der Waals surface area contributed by atoms with Gasteiger partial charge in [-0.3, -0.25) is 14.4 Å². The number of carbonyl (C=O) groups is 4. The Kier molecular flexibility index (Phi) is 17.4. The van der Waals surface area contributed by atoms with Crippen LogP contribution in [0.15, 0.2) is 30.3 Å². The fraction of sp³-hybridized carbons (Fsp3) is 0.630. The maximum absolute atomic E-state index is 13.4. The molecule has 0 saturated heterocycles. The van der Waals surface area contributed by atoms with Crippen molar-refractivity contribution >= 4 is 23.7 Å². The maximum Gasteiger partial charge on any atom is 0.326 e. The number of nitrogens with one attached hydrogen (secondary N) is 3. The van der Waals surface area contributed by atoms with Crippen LogP contribution in [0.4, 0.5) is 0 Å². The summed E-state index contributed by atoms with van der Waals surface area (Å²) < 4.78 is 0. The minimum Gasteiger partial charge on any atom is -0.480 e. The molecule has 0 bridgehead atoms. The number of aliphatic carboxylic acids is 1. The zero-order valence-electron chi connectivity index (χ0n) is 22.8. The summed E-state index contributed by atoms with van der Waals surface area (Å²) in [6.45, 7) is 1.35. The van der Waals surface area contributed by atoms with E-state index in [1.54, 1.807) is 12.1 Å². The summed E-state index contributed by atoms with van der Waals surface area (Å²) >= 11 is 0. The van der Waals surface area contributed by atoms with Gasteiger partial charge in [-0.05, 0) is 76.6 Å². The van der Waals surface area contributed by atoms with E-state index in [9.17, 15) is 24.3 Å². The van der Waals surface area contributed by atoms with Crippen LogP contribution < -0.4 is 38.9 Å². The summed E-state index contributed by atoms with van der Waals surface area (Å²) in [5.41, 5.74) is 23.4. The molecule has 1 aromatic rings. The van der Waals surface area contributed by atoms with Gasteiger partial charge in [-0.1, -0.05) is 36.8 Å². The van der Waals surface area contributed by atoms with E-state index in [-0.39, 0.29) is 12.8 Å². The molecule has 1 aromatic carbocycles. The molecule has 3 amide bonds. The van der Waals surface area contributed by atoms with Gasteiger partial charge in [-0.15, -0.1) is 0 Å². The largest absolute Gasteiger partial charge is 0.480 e. The average Bonchev–Trinajstić information content (AvgIpc) is 2.92. The molecule has 0 aliphatic heterocycles. The molecule has 12 nitrogen and oxygen atoms in total. The topological polar surface area (TPSA) is 229 Å². The molecule has 12 heteroatoms. The number of hydrogen-bond donors (Lipinski definition) is 8. The van der Waals surface area contributed by atoms with E-state index in [0.717, 1.165) is 12.0 Å². The number of carboxylic acids is 1. The molecule has 12 N–H and O–H groups in total. The average molecular weight is 550 g/mol. The highest BCUT2D eigenvalue weighted by Gasteiger charge is 2.30. The Morgan fingerprint density at radius 1 is 0.641 bits per heavy atom. The summed E-state index contributed by atoms with van der Waals surface area (Å²) in [5, 5.41) is 17.6. The second-order valence-corrected chi connectivity index (χ2v) is 9.67. The second-order valence-electron chi connectivity index (χ2n) is 9.67. The van der Waals surface area contributed by atoms with Gasteiger partial charge in [0.25, 0.3) is 0 Å². The number of carbonyl (C=O) groups excluding carboxylic acids is 3. The number of carboxylic acid groups (broad SMARTS) is 1. The van der Waals surface area contributed by atoms with Gasteiger partial charge in [0.15, 0.2) is 0 Å². The predicted octanol–water partition coefficient (Wildman–Crippen LogP) is -0.518. The van der Waals surface area contributed by atoms with Crippen molar-refractivity contribution in [3.05, 3.63) is 35.9 Å².